The lowest BCUT2D eigenvalue weighted by atomic mass is 10.1. The first-order valence-corrected chi connectivity index (χ1v) is 8.37. The molecule has 1 aromatic heterocycles. The van der Waals surface area contributed by atoms with Crippen LogP contribution in [0.4, 0.5) is 5.69 Å². The van der Waals surface area contributed by atoms with Gasteiger partial charge in [0.15, 0.2) is 0 Å². The van der Waals surface area contributed by atoms with Gasteiger partial charge in [0.25, 0.3) is 5.91 Å². The van der Waals surface area contributed by atoms with Crippen molar-refractivity contribution in [3.8, 4) is 11.3 Å². The molecule has 0 aliphatic heterocycles. The highest BCUT2D eigenvalue weighted by Gasteiger charge is 2.14. The fraction of sp³-hybridized carbons (Fsp3) is 0.0556. The van der Waals surface area contributed by atoms with Gasteiger partial charge in [0.05, 0.1) is 21.3 Å². The van der Waals surface area contributed by atoms with Gasteiger partial charge in [-0.1, -0.05) is 34.8 Å². The number of halogens is 3. The molecule has 128 valence electrons. The van der Waals surface area contributed by atoms with E-state index in [0.29, 0.717) is 32.8 Å². The number of aliphatic hydroxyl groups excluding tert-OH is 1. The van der Waals surface area contributed by atoms with Crippen molar-refractivity contribution in [2.45, 2.75) is 6.61 Å². The molecule has 0 atom stereocenters. The molecule has 0 radical (unpaired) electrons. The summed E-state index contributed by atoms with van der Waals surface area (Å²) in [6.45, 7) is -0.188. The predicted octanol–water partition coefficient (Wildman–Crippen LogP) is 5.65. The molecule has 2 aromatic carbocycles. The molecule has 25 heavy (non-hydrogen) atoms. The normalized spacial score (nSPS) is 10.7. The number of amides is 1. The maximum atomic E-state index is 12.4. The molecule has 1 heterocycles. The minimum Gasteiger partial charge on any atom is -0.459 e. The minimum atomic E-state index is -0.406. The van der Waals surface area contributed by atoms with Crippen LogP contribution in [0.1, 0.15) is 16.1 Å². The van der Waals surface area contributed by atoms with Crippen LogP contribution in [0.3, 0.4) is 0 Å². The highest BCUT2D eigenvalue weighted by molar-refractivity contribution is 6.37. The van der Waals surface area contributed by atoms with Crippen molar-refractivity contribution in [1.82, 2.24) is 0 Å². The molecule has 0 spiro atoms. The Hall–Kier alpha value is -1.98. The van der Waals surface area contributed by atoms with Crippen LogP contribution < -0.4 is 5.32 Å². The third-order valence-corrected chi connectivity index (χ3v) is 4.37. The van der Waals surface area contributed by atoms with E-state index in [1.165, 1.54) is 12.1 Å². The maximum absolute atomic E-state index is 12.4. The van der Waals surface area contributed by atoms with Crippen LogP contribution in [0, 0.1) is 0 Å². The van der Waals surface area contributed by atoms with Crippen molar-refractivity contribution in [3.63, 3.8) is 0 Å². The van der Waals surface area contributed by atoms with Gasteiger partial charge in [-0.15, -0.1) is 0 Å². The molecular weight excluding hydrogens is 385 g/mol. The van der Waals surface area contributed by atoms with Crippen LogP contribution in [-0.4, -0.2) is 11.0 Å². The summed E-state index contributed by atoms with van der Waals surface area (Å²) in [6.07, 6.45) is 0. The second kappa shape index (κ2) is 7.50. The molecular formula is C18H12Cl3NO3. The van der Waals surface area contributed by atoms with Crippen LogP contribution in [0.5, 0.6) is 0 Å². The van der Waals surface area contributed by atoms with Gasteiger partial charge in [-0.25, -0.2) is 0 Å². The van der Waals surface area contributed by atoms with Crippen molar-refractivity contribution >= 4 is 46.4 Å². The zero-order chi connectivity index (χ0) is 18.0. The average Bonchev–Trinajstić information content (AvgIpc) is 3.06. The lowest BCUT2D eigenvalue weighted by molar-refractivity contribution is 0.102. The molecule has 0 fully saturated rings. The largest absolute Gasteiger partial charge is 0.459 e. The molecule has 2 N–H and O–H groups in total. The number of anilines is 1. The monoisotopic (exact) mass is 395 g/mol. The first-order valence-electron chi connectivity index (χ1n) is 7.24. The Bertz CT molecular complexity index is 937. The first-order chi connectivity index (χ1) is 12.0. The van der Waals surface area contributed by atoms with E-state index < -0.39 is 5.91 Å². The van der Waals surface area contributed by atoms with Crippen LogP contribution >= 0.6 is 34.8 Å². The summed E-state index contributed by atoms with van der Waals surface area (Å²) < 4.78 is 5.49. The van der Waals surface area contributed by atoms with Gasteiger partial charge in [0.1, 0.15) is 18.1 Å². The molecule has 3 aromatic rings. The lowest BCUT2D eigenvalue weighted by Crippen LogP contribution is -2.12. The first kappa shape index (κ1) is 17.8. The number of hydrogen-bond donors (Lipinski definition) is 2. The van der Waals surface area contributed by atoms with Gasteiger partial charge in [0, 0.05) is 10.6 Å². The number of aliphatic hydroxyl groups is 1. The third kappa shape index (κ3) is 3.99. The third-order valence-electron chi connectivity index (χ3n) is 3.49. The highest BCUT2D eigenvalue weighted by atomic mass is 35.5. The molecule has 0 unspecified atom stereocenters. The fourth-order valence-corrected chi connectivity index (χ4v) is 2.91. The summed E-state index contributed by atoms with van der Waals surface area (Å²) >= 11 is 18.1. The second-order valence-corrected chi connectivity index (χ2v) is 6.45. The second-order valence-electron chi connectivity index (χ2n) is 5.20. The summed E-state index contributed by atoms with van der Waals surface area (Å²) in [7, 11) is 0. The fourth-order valence-electron chi connectivity index (χ4n) is 2.26. The van der Waals surface area contributed by atoms with Crippen molar-refractivity contribution in [1.29, 1.82) is 0 Å². The van der Waals surface area contributed by atoms with Crippen molar-refractivity contribution in [3.05, 3.63) is 74.9 Å². The van der Waals surface area contributed by atoms with E-state index in [9.17, 15) is 4.79 Å². The molecule has 3 rings (SSSR count). The number of rotatable bonds is 4. The zero-order valence-electron chi connectivity index (χ0n) is 12.7. The summed E-state index contributed by atoms with van der Waals surface area (Å²) in [5, 5.41) is 12.9. The Labute approximate surface area is 158 Å². The van der Waals surface area contributed by atoms with Crippen LogP contribution in [-0.2, 0) is 6.61 Å². The number of carbonyl (C=O) groups is 1. The van der Waals surface area contributed by atoms with Crippen LogP contribution in [0.15, 0.2) is 52.9 Å². The van der Waals surface area contributed by atoms with Crippen molar-refractivity contribution in [2.75, 3.05) is 5.32 Å². The van der Waals surface area contributed by atoms with E-state index >= 15 is 0 Å². The molecule has 1 amide bonds. The molecule has 0 saturated carbocycles. The maximum Gasteiger partial charge on any atom is 0.257 e. The van der Waals surface area contributed by atoms with Gasteiger partial charge >= 0.3 is 0 Å². The molecule has 0 bridgehead atoms. The standard InChI is InChI=1S/C18H12Cl3NO3/c19-11-2-4-13(15(21)8-11)18(24)22-16-7-10(1-5-14(16)20)17-6-3-12(9-23)25-17/h1-8,23H,9H2,(H,22,24). The SMILES string of the molecule is O=C(Nc1cc(-c2ccc(CO)o2)ccc1Cl)c1ccc(Cl)cc1Cl. The Morgan fingerprint density at radius 1 is 1.00 bits per heavy atom. The van der Waals surface area contributed by atoms with Crippen molar-refractivity contribution in [2.24, 2.45) is 0 Å². The van der Waals surface area contributed by atoms with Gasteiger partial charge in [-0.2, -0.15) is 0 Å². The Morgan fingerprint density at radius 2 is 1.80 bits per heavy atom. The quantitative estimate of drug-likeness (QED) is 0.599. The topological polar surface area (TPSA) is 62.5 Å². The van der Waals surface area contributed by atoms with Crippen LogP contribution in [0.25, 0.3) is 11.3 Å². The van der Waals surface area contributed by atoms with E-state index in [1.807, 2.05) is 0 Å². The lowest BCUT2D eigenvalue weighted by Gasteiger charge is -2.10. The Morgan fingerprint density at radius 3 is 2.48 bits per heavy atom. The number of carbonyl (C=O) groups excluding carboxylic acids is 1. The summed E-state index contributed by atoms with van der Waals surface area (Å²) in [6, 6.07) is 13.1. The van der Waals surface area contributed by atoms with Gasteiger partial charge in [0.2, 0.25) is 0 Å². The minimum absolute atomic E-state index is 0.188. The molecule has 0 aliphatic carbocycles. The van der Waals surface area contributed by atoms with E-state index in [1.54, 1.807) is 36.4 Å². The van der Waals surface area contributed by atoms with E-state index in [0.717, 1.165) is 0 Å². The Balaban J connectivity index is 1.89. The van der Waals surface area contributed by atoms with Crippen molar-refractivity contribution < 1.29 is 14.3 Å². The average molecular weight is 397 g/mol. The summed E-state index contributed by atoms with van der Waals surface area (Å²) in [5.74, 6) is 0.598. The van der Waals surface area contributed by atoms with Gasteiger partial charge in [-0.05, 0) is 48.5 Å². The zero-order valence-corrected chi connectivity index (χ0v) is 15.0. The molecule has 7 heteroatoms. The van der Waals surface area contributed by atoms with Crippen LogP contribution in [0.2, 0.25) is 15.1 Å². The van der Waals surface area contributed by atoms with E-state index in [2.05, 4.69) is 5.32 Å². The van der Waals surface area contributed by atoms with E-state index in [4.69, 9.17) is 44.3 Å². The number of furan rings is 1. The molecule has 4 nitrogen and oxygen atoms in total. The summed E-state index contributed by atoms with van der Waals surface area (Å²) in [5.41, 5.74) is 1.41. The number of nitrogens with one attached hydrogen (secondary N) is 1. The highest BCUT2D eigenvalue weighted by Crippen LogP contribution is 2.31. The number of hydrogen-bond acceptors (Lipinski definition) is 3. The molecule has 0 aliphatic rings. The van der Waals surface area contributed by atoms with Gasteiger partial charge in [-0.3, -0.25) is 4.79 Å². The summed E-state index contributed by atoms with van der Waals surface area (Å²) in [4.78, 5) is 12.4. The van der Waals surface area contributed by atoms with E-state index in [-0.39, 0.29) is 17.2 Å². The van der Waals surface area contributed by atoms with Gasteiger partial charge < -0.3 is 14.8 Å². The smallest absolute Gasteiger partial charge is 0.257 e. The Kier molecular flexibility index (Phi) is 5.35. The molecule has 0 saturated heterocycles. The number of benzene rings is 2. The predicted molar refractivity (Wildman–Crippen MR) is 99.5 cm³/mol.